The van der Waals surface area contributed by atoms with E-state index in [4.69, 9.17) is 9.47 Å². The number of carbonyl (C=O) groups is 2. The molecule has 0 saturated heterocycles. The van der Waals surface area contributed by atoms with Gasteiger partial charge in [-0.3, -0.25) is 4.79 Å². The summed E-state index contributed by atoms with van der Waals surface area (Å²) in [6, 6.07) is -0.308. The summed E-state index contributed by atoms with van der Waals surface area (Å²) in [5, 5.41) is 12.8. The minimum absolute atomic E-state index is 0.0450. The number of aliphatic hydroxyl groups excluding tert-OH is 1. The monoisotopic (exact) mass is 357 g/mol. The van der Waals surface area contributed by atoms with Crippen molar-refractivity contribution in [3.05, 3.63) is 0 Å². The summed E-state index contributed by atoms with van der Waals surface area (Å²) in [5.41, 5.74) is -0.575. The van der Waals surface area contributed by atoms with Gasteiger partial charge in [-0.2, -0.15) is 0 Å². The molecule has 6 nitrogen and oxygen atoms in total. The number of esters is 1. The second kappa shape index (κ2) is 10.00. The first-order chi connectivity index (χ1) is 11.6. The first-order valence-electron chi connectivity index (χ1n) is 9.45. The van der Waals surface area contributed by atoms with E-state index in [-0.39, 0.29) is 30.5 Å². The van der Waals surface area contributed by atoms with Crippen LogP contribution in [-0.2, 0) is 14.3 Å². The molecule has 1 fully saturated rings. The van der Waals surface area contributed by atoms with E-state index in [9.17, 15) is 14.7 Å². The number of alkyl carbamates (subject to hydrolysis) is 1. The molecular weight excluding hydrogens is 322 g/mol. The van der Waals surface area contributed by atoms with Gasteiger partial charge in [0.05, 0.1) is 6.10 Å². The number of nitrogens with one attached hydrogen (secondary N) is 1. The summed E-state index contributed by atoms with van der Waals surface area (Å²) in [7, 11) is 0. The lowest BCUT2D eigenvalue weighted by Crippen LogP contribution is -2.44. The maximum atomic E-state index is 12.1. The summed E-state index contributed by atoms with van der Waals surface area (Å²) in [5.74, 6) is -0.464. The van der Waals surface area contributed by atoms with Crippen molar-refractivity contribution in [1.82, 2.24) is 5.32 Å². The van der Waals surface area contributed by atoms with Gasteiger partial charge in [-0.25, -0.2) is 4.79 Å². The fourth-order valence-electron chi connectivity index (χ4n) is 3.22. The predicted molar refractivity (Wildman–Crippen MR) is 96.2 cm³/mol. The van der Waals surface area contributed by atoms with Gasteiger partial charge in [0.1, 0.15) is 11.7 Å². The van der Waals surface area contributed by atoms with Crippen LogP contribution in [-0.4, -0.2) is 41.0 Å². The van der Waals surface area contributed by atoms with E-state index in [1.54, 1.807) is 27.7 Å². The van der Waals surface area contributed by atoms with Gasteiger partial charge >= 0.3 is 12.1 Å². The second-order valence-electron chi connectivity index (χ2n) is 8.13. The van der Waals surface area contributed by atoms with E-state index >= 15 is 0 Å². The normalized spacial score (nSPS) is 19.6. The first kappa shape index (κ1) is 21.7. The van der Waals surface area contributed by atoms with Gasteiger partial charge < -0.3 is 19.9 Å². The van der Waals surface area contributed by atoms with Gasteiger partial charge in [-0.05, 0) is 66.7 Å². The van der Waals surface area contributed by atoms with Crippen LogP contribution in [0.1, 0.15) is 79.6 Å². The molecule has 0 aliphatic heterocycles. The Morgan fingerprint density at radius 3 is 2.28 bits per heavy atom. The van der Waals surface area contributed by atoms with Gasteiger partial charge in [-0.1, -0.05) is 6.42 Å². The maximum absolute atomic E-state index is 12.1. The van der Waals surface area contributed by atoms with Gasteiger partial charge in [0, 0.05) is 18.4 Å². The molecule has 25 heavy (non-hydrogen) atoms. The molecule has 0 spiro atoms. The number of rotatable bonds is 7. The highest BCUT2D eigenvalue weighted by atomic mass is 16.6. The predicted octanol–water partition coefficient (Wildman–Crippen LogP) is 3.55. The average molecular weight is 357 g/mol. The van der Waals surface area contributed by atoms with Crippen molar-refractivity contribution in [2.75, 3.05) is 0 Å². The van der Waals surface area contributed by atoms with Crippen LogP contribution in [0.15, 0.2) is 0 Å². The molecule has 1 saturated carbocycles. The Balaban J connectivity index is 2.44. The van der Waals surface area contributed by atoms with Crippen LogP contribution in [0.2, 0.25) is 0 Å². The number of aliphatic hydroxyl groups is 1. The average Bonchev–Trinajstić information content (AvgIpc) is 2.45. The van der Waals surface area contributed by atoms with Crippen molar-refractivity contribution < 1.29 is 24.2 Å². The van der Waals surface area contributed by atoms with Crippen LogP contribution in [0.3, 0.4) is 0 Å². The van der Waals surface area contributed by atoms with Crippen molar-refractivity contribution in [1.29, 1.82) is 0 Å². The fourth-order valence-corrected chi connectivity index (χ4v) is 3.22. The Hall–Kier alpha value is -1.30. The van der Waals surface area contributed by atoms with Gasteiger partial charge in [-0.15, -0.1) is 0 Å². The molecule has 0 bridgehead atoms. The Kier molecular flexibility index (Phi) is 8.69. The van der Waals surface area contributed by atoms with Crippen LogP contribution >= 0.6 is 0 Å². The first-order valence-corrected chi connectivity index (χ1v) is 9.45. The molecule has 1 aliphatic carbocycles. The highest BCUT2D eigenvalue weighted by Crippen LogP contribution is 2.22. The lowest BCUT2D eigenvalue weighted by Gasteiger charge is -2.29. The minimum Gasteiger partial charge on any atom is -0.462 e. The smallest absolute Gasteiger partial charge is 0.407 e. The molecule has 0 heterocycles. The molecule has 3 atom stereocenters. The SMILES string of the molecule is CC(O)C(CCC(=O)OC1CCCCC1)C(C)NC(=O)OC(C)(C)C. The number of hydrogen-bond acceptors (Lipinski definition) is 5. The summed E-state index contributed by atoms with van der Waals surface area (Å²) in [4.78, 5) is 23.9. The van der Waals surface area contributed by atoms with Crippen LogP contribution in [0.25, 0.3) is 0 Å². The zero-order valence-corrected chi connectivity index (χ0v) is 16.3. The molecule has 1 rings (SSSR count). The summed E-state index contributed by atoms with van der Waals surface area (Å²) >= 11 is 0. The standard InChI is InChI=1S/C19H35NO5/c1-13(20-18(23)25-19(3,4)5)16(14(2)21)11-12-17(22)24-15-9-7-6-8-10-15/h13-16,21H,6-12H2,1-5H3,(H,20,23). The second-order valence-corrected chi connectivity index (χ2v) is 8.13. The molecule has 6 heteroatoms. The zero-order valence-electron chi connectivity index (χ0n) is 16.3. The molecule has 3 unspecified atom stereocenters. The molecular formula is C19H35NO5. The van der Waals surface area contributed by atoms with E-state index < -0.39 is 17.8 Å². The van der Waals surface area contributed by atoms with E-state index in [0.29, 0.717) is 6.42 Å². The lowest BCUT2D eigenvalue weighted by molar-refractivity contribution is -0.151. The van der Waals surface area contributed by atoms with Gasteiger partial charge in [0.15, 0.2) is 0 Å². The molecule has 0 aromatic carbocycles. The van der Waals surface area contributed by atoms with Crippen molar-refractivity contribution >= 4 is 12.1 Å². The maximum Gasteiger partial charge on any atom is 0.407 e. The largest absolute Gasteiger partial charge is 0.462 e. The van der Waals surface area contributed by atoms with E-state index in [0.717, 1.165) is 25.7 Å². The summed E-state index contributed by atoms with van der Waals surface area (Å²) < 4.78 is 10.8. The topological polar surface area (TPSA) is 84.9 Å². The molecule has 0 radical (unpaired) electrons. The van der Waals surface area contributed by atoms with Crippen molar-refractivity contribution in [3.8, 4) is 0 Å². The van der Waals surface area contributed by atoms with E-state index in [1.165, 1.54) is 6.42 Å². The van der Waals surface area contributed by atoms with Crippen LogP contribution < -0.4 is 5.32 Å². The van der Waals surface area contributed by atoms with Crippen LogP contribution in [0, 0.1) is 5.92 Å². The third-order valence-electron chi connectivity index (χ3n) is 4.54. The Morgan fingerprint density at radius 1 is 1.16 bits per heavy atom. The third-order valence-corrected chi connectivity index (χ3v) is 4.54. The molecule has 0 aromatic rings. The molecule has 2 N–H and O–H groups in total. The lowest BCUT2D eigenvalue weighted by atomic mass is 9.91. The zero-order chi connectivity index (χ0) is 19.0. The molecule has 0 aromatic heterocycles. The van der Waals surface area contributed by atoms with E-state index in [2.05, 4.69) is 5.32 Å². The number of carbonyl (C=O) groups excluding carboxylic acids is 2. The third kappa shape index (κ3) is 9.10. The summed E-state index contributed by atoms with van der Waals surface area (Å²) in [6.07, 6.45) is 4.92. The Labute approximate surface area is 151 Å². The van der Waals surface area contributed by atoms with Gasteiger partial charge in [0.25, 0.3) is 0 Å². The molecule has 1 amide bonds. The number of hydrogen-bond donors (Lipinski definition) is 2. The van der Waals surface area contributed by atoms with Crippen LogP contribution in [0.4, 0.5) is 4.79 Å². The number of amides is 1. The fraction of sp³-hybridized carbons (Fsp3) is 0.895. The molecule has 1 aliphatic rings. The molecule has 146 valence electrons. The van der Waals surface area contributed by atoms with E-state index in [1.807, 2.05) is 6.92 Å². The van der Waals surface area contributed by atoms with Crippen LogP contribution in [0.5, 0.6) is 0 Å². The highest BCUT2D eigenvalue weighted by Gasteiger charge is 2.27. The Morgan fingerprint density at radius 2 is 1.76 bits per heavy atom. The quantitative estimate of drug-likeness (QED) is 0.681. The highest BCUT2D eigenvalue weighted by molar-refractivity contribution is 5.70. The number of ether oxygens (including phenoxy) is 2. The minimum atomic E-state index is -0.646. The van der Waals surface area contributed by atoms with Crippen molar-refractivity contribution in [2.24, 2.45) is 5.92 Å². The van der Waals surface area contributed by atoms with Crippen molar-refractivity contribution in [2.45, 2.75) is 103 Å². The summed E-state index contributed by atoms with van der Waals surface area (Å²) in [6.45, 7) is 8.87. The van der Waals surface area contributed by atoms with Gasteiger partial charge in [0.2, 0.25) is 0 Å². The van der Waals surface area contributed by atoms with Crippen molar-refractivity contribution in [3.63, 3.8) is 0 Å². The Bertz CT molecular complexity index is 424.